The molecule has 0 unspecified atom stereocenters. The molecule has 2 aliphatic heterocycles. The summed E-state index contributed by atoms with van der Waals surface area (Å²) in [5, 5.41) is 2.60. The van der Waals surface area contributed by atoms with E-state index in [9.17, 15) is 17.6 Å². The molecule has 2 amide bonds. The van der Waals surface area contributed by atoms with Gasteiger partial charge < -0.3 is 15.1 Å². The van der Waals surface area contributed by atoms with E-state index < -0.39 is 15.8 Å². The first-order valence-electron chi connectivity index (χ1n) is 8.37. The maximum Gasteiger partial charge on any atom is 0.317 e. The summed E-state index contributed by atoms with van der Waals surface area (Å²) in [6.07, 6.45) is 0.714. The zero-order valence-electron chi connectivity index (χ0n) is 14.7. The van der Waals surface area contributed by atoms with Crippen molar-refractivity contribution in [3.63, 3.8) is 0 Å². The molecule has 0 spiro atoms. The van der Waals surface area contributed by atoms with Gasteiger partial charge in [0.2, 0.25) is 0 Å². The Morgan fingerprint density at radius 2 is 1.85 bits per heavy atom. The Bertz CT molecular complexity index is 878. The first-order chi connectivity index (χ1) is 12.3. The quantitative estimate of drug-likeness (QED) is 0.803. The minimum absolute atomic E-state index is 0.111. The molecule has 1 N–H and O–H groups in total. The molecule has 140 valence electrons. The Hall–Kier alpha value is -2.42. The number of urea groups is 1. The fourth-order valence-corrected chi connectivity index (χ4v) is 4.76. The molecule has 1 saturated heterocycles. The van der Waals surface area contributed by atoms with E-state index in [1.54, 1.807) is 18.9 Å². The number of carbonyl (C=O) groups excluding carboxylic acids is 1. The van der Waals surface area contributed by atoms with Crippen LogP contribution in [0.3, 0.4) is 0 Å². The van der Waals surface area contributed by atoms with E-state index in [0.29, 0.717) is 49.6 Å². The summed E-state index contributed by atoms with van der Waals surface area (Å²) in [4.78, 5) is 15.5. The van der Waals surface area contributed by atoms with Crippen molar-refractivity contribution in [2.24, 2.45) is 4.40 Å². The lowest BCUT2D eigenvalue weighted by Gasteiger charge is -2.23. The Kier molecular flexibility index (Phi) is 4.99. The maximum absolute atomic E-state index is 13.2. The number of hydrogen-bond donors (Lipinski definition) is 1. The normalized spacial score (nSPS) is 20.0. The van der Waals surface area contributed by atoms with Gasteiger partial charge in [-0.05, 0) is 31.0 Å². The number of nitrogens with zero attached hydrogens (tertiary/aromatic N) is 3. The molecule has 1 aromatic rings. The largest absolute Gasteiger partial charge is 0.354 e. The highest BCUT2D eigenvalue weighted by Crippen LogP contribution is 2.33. The van der Waals surface area contributed by atoms with Gasteiger partial charge in [-0.15, -0.1) is 4.40 Å². The van der Waals surface area contributed by atoms with E-state index in [0.717, 1.165) is 0 Å². The molecule has 2 heterocycles. The van der Waals surface area contributed by atoms with Crippen molar-refractivity contribution in [2.75, 3.05) is 33.2 Å². The average molecular weight is 380 g/mol. The summed E-state index contributed by atoms with van der Waals surface area (Å²) in [5.74, 6) is -0.0200. The second-order valence-electron chi connectivity index (χ2n) is 6.23. The number of benzene rings is 1. The van der Waals surface area contributed by atoms with Gasteiger partial charge in [0.15, 0.2) is 0 Å². The third-order valence-electron chi connectivity index (χ3n) is 4.54. The van der Waals surface area contributed by atoms with Crippen LogP contribution in [-0.4, -0.2) is 63.3 Å². The molecule has 0 radical (unpaired) electrons. The minimum Gasteiger partial charge on any atom is -0.354 e. The van der Waals surface area contributed by atoms with Crippen molar-refractivity contribution in [2.45, 2.75) is 13.3 Å². The fourth-order valence-electron chi connectivity index (χ4n) is 3.28. The lowest BCUT2D eigenvalue weighted by atomic mass is 10.1. The summed E-state index contributed by atoms with van der Waals surface area (Å²) < 4.78 is 42.3. The molecule has 2 aliphatic rings. The molecule has 1 fully saturated rings. The van der Waals surface area contributed by atoms with Crippen LogP contribution in [0, 0.1) is 5.82 Å². The zero-order valence-corrected chi connectivity index (χ0v) is 15.5. The Morgan fingerprint density at radius 1 is 1.15 bits per heavy atom. The van der Waals surface area contributed by atoms with Gasteiger partial charge in [0.1, 0.15) is 16.6 Å². The Labute approximate surface area is 152 Å². The predicted octanol–water partition coefficient (Wildman–Crippen LogP) is 1.65. The van der Waals surface area contributed by atoms with Gasteiger partial charge >= 0.3 is 6.03 Å². The molecule has 3 rings (SSSR count). The Balaban J connectivity index is 1.89. The summed E-state index contributed by atoms with van der Waals surface area (Å²) in [6.45, 7) is 3.90. The van der Waals surface area contributed by atoms with Crippen LogP contribution >= 0.6 is 0 Å². The van der Waals surface area contributed by atoms with Crippen molar-refractivity contribution in [3.8, 4) is 0 Å². The number of halogens is 1. The van der Waals surface area contributed by atoms with E-state index in [1.807, 2.05) is 4.90 Å². The van der Waals surface area contributed by atoms with Crippen LogP contribution in [0.15, 0.2) is 34.2 Å². The second-order valence-corrected chi connectivity index (χ2v) is 7.77. The number of hydrogen-bond acceptors (Lipinski definition) is 4. The van der Waals surface area contributed by atoms with Crippen molar-refractivity contribution in [1.82, 2.24) is 15.1 Å². The first-order valence-corrected chi connectivity index (χ1v) is 9.81. The highest BCUT2D eigenvalue weighted by atomic mass is 32.2. The van der Waals surface area contributed by atoms with Crippen LogP contribution in [0.4, 0.5) is 9.18 Å². The highest BCUT2D eigenvalue weighted by molar-refractivity contribution is 8.00. The Morgan fingerprint density at radius 3 is 2.50 bits per heavy atom. The molecule has 1 aromatic carbocycles. The average Bonchev–Trinajstić information content (AvgIpc) is 2.78. The van der Waals surface area contributed by atoms with E-state index in [2.05, 4.69) is 9.71 Å². The van der Waals surface area contributed by atoms with E-state index in [4.69, 9.17) is 0 Å². The van der Waals surface area contributed by atoms with Gasteiger partial charge in [-0.25, -0.2) is 9.18 Å². The molecule has 26 heavy (non-hydrogen) atoms. The van der Waals surface area contributed by atoms with Crippen LogP contribution in [0.1, 0.15) is 18.9 Å². The molecular formula is C17H21FN4O3S. The maximum atomic E-state index is 13.2. The lowest BCUT2D eigenvalue weighted by molar-refractivity contribution is 0.202. The van der Waals surface area contributed by atoms with Gasteiger partial charge in [0.05, 0.1) is 0 Å². The van der Waals surface area contributed by atoms with Crippen LogP contribution in [0.5, 0.6) is 0 Å². The summed E-state index contributed by atoms with van der Waals surface area (Å²) in [6, 6.07) is 5.21. The monoisotopic (exact) mass is 380 g/mol. The number of sulfonamides is 1. The van der Waals surface area contributed by atoms with Gasteiger partial charge in [-0.1, -0.05) is 12.1 Å². The number of amides is 2. The molecule has 0 bridgehead atoms. The van der Waals surface area contributed by atoms with E-state index >= 15 is 0 Å². The van der Waals surface area contributed by atoms with Crippen LogP contribution in [0.2, 0.25) is 0 Å². The molecule has 0 aliphatic carbocycles. The smallest absolute Gasteiger partial charge is 0.317 e. The van der Waals surface area contributed by atoms with Gasteiger partial charge in [0.25, 0.3) is 10.0 Å². The van der Waals surface area contributed by atoms with Crippen LogP contribution in [0.25, 0.3) is 4.91 Å². The second kappa shape index (κ2) is 7.06. The van der Waals surface area contributed by atoms with Crippen molar-refractivity contribution in [3.05, 3.63) is 41.2 Å². The van der Waals surface area contributed by atoms with E-state index in [-0.39, 0.29) is 10.9 Å². The van der Waals surface area contributed by atoms with Crippen molar-refractivity contribution < 1.29 is 17.6 Å². The molecule has 9 heteroatoms. The number of amidine groups is 1. The lowest BCUT2D eigenvalue weighted by Crippen LogP contribution is -2.41. The fraction of sp³-hybridized carbons (Fsp3) is 0.412. The molecule has 0 atom stereocenters. The number of carbonyl (C=O) groups is 1. The number of nitrogens with one attached hydrogen (secondary N) is 1. The summed E-state index contributed by atoms with van der Waals surface area (Å²) in [5.41, 5.74) is 0.967. The van der Waals surface area contributed by atoms with Gasteiger partial charge in [-0.3, -0.25) is 0 Å². The number of rotatable bonds is 1. The third kappa shape index (κ3) is 3.44. The molecule has 0 saturated carbocycles. The highest BCUT2D eigenvalue weighted by Gasteiger charge is 2.34. The summed E-state index contributed by atoms with van der Waals surface area (Å²) >= 11 is 0. The predicted molar refractivity (Wildman–Crippen MR) is 97.6 cm³/mol. The minimum atomic E-state index is -3.84. The van der Waals surface area contributed by atoms with Crippen molar-refractivity contribution in [1.29, 1.82) is 0 Å². The molecule has 0 aromatic heterocycles. The van der Waals surface area contributed by atoms with Crippen LogP contribution in [-0.2, 0) is 10.0 Å². The van der Waals surface area contributed by atoms with Crippen LogP contribution < -0.4 is 5.32 Å². The topological polar surface area (TPSA) is 82.1 Å². The summed E-state index contributed by atoms with van der Waals surface area (Å²) in [7, 11) is -2.25. The molecular weight excluding hydrogens is 359 g/mol. The standard InChI is InChI=1S/C17H21FN4O3S/c1-12-15(13-4-6-14(18)7-5-13)26(24,25)20-16(12)21-8-3-9-22(11-10-21)17(23)19-2/h4-7H,3,8-11H2,1-2H3,(H,19,23). The SMILES string of the molecule is CNC(=O)N1CCCN(C2=NS(=O)(=O)C(c3ccc(F)cc3)=C2C)CC1. The van der Waals surface area contributed by atoms with Gasteiger partial charge in [-0.2, -0.15) is 8.42 Å². The molecule has 7 nitrogen and oxygen atoms in total. The van der Waals surface area contributed by atoms with Gasteiger partial charge in [0, 0.05) is 38.8 Å². The van der Waals surface area contributed by atoms with Crippen molar-refractivity contribution >= 4 is 26.8 Å². The van der Waals surface area contributed by atoms with E-state index in [1.165, 1.54) is 24.3 Å². The zero-order chi connectivity index (χ0) is 18.9. The third-order valence-corrected chi connectivity index (χ3v) is 6.01. The first kappa shape index (κ1) is 18.4.